The number of hydrogen-bond acceptors (Lipinski definition) is 6. The summed E-state index contributed by atoms with van der Waals surface area (Å²) in [4.78, 5) is 12.6. The first-order valence-corrected chi connectivity index (χ1v) is 7.64. The van der Waals surface area contributed by atoms with Crippen LogP contribution in [0.1, 0.15) is 20.1 Å². The summed E-state index contributed by atoms with van der Waals surface area (Å²) >= 11 is 8.47. The molecule has 0 aliphatic carbocycles. The van der Waals surface area contributed by atoms with Gasteiger partial charge in [-0.1, -0.05) is 11.6 Å². The summed E-state index contributed by atoms with van der Waals surface area (Å²) in [7, 11) is 0. The molecule has 0 fully saturated rings. The highest BCUT2D eigenvalue weighted by Gasteiger charge is 2.18. The van der Waals surface area contributed by atoms with E-state index in [1.54, 1.807) is 0 Å². The van der Waals surface area contributed by atoms with Gasteiger partial charge >= 0.3 is 0 Å². The van der Waals surface area contributed by atoms with Crippen LogP contribution in [-0.2, 0) is 6.42 Å². The molecule has 0 unspecified atom stereocenters. The quantitative estimate of drug-likeness (QED) is 0.785. The lowest BCUT2D eigenvalue weighted by molar-refractivity contribution is 0.100. The summed E-state index contributed by atoms with van der Waals surface area (Å²) < 4.78 is 0.745. The van der Waals surface area contributed by atoms with E-state index >= 15 is 0 Å². The Bertz CT molecular complexity index is 686. The van der Waals surface area contributed by atoms with Crippen LogP contribution in [0.4, 0.5) is 10.7 Å². The van der Waals surface area contributed by atoms with Crippen molar-refractivity contribution < 1.29 is 4.79 Å². The van der Waals surface area contributed by atoms with Gasteiger partial charge in [-0.3, -0.25) is 4.79 Å². The van der Waals surface area contributed by atoms with Gasteiger partial charge in [-0.05, 0) is 18.6 Å². The minimum atomic E-state index is -0.623. The maximum atomic E-state index is 11.2. The van der Waals surface area contributed by atoms with Crippen LogP contribution in [0.5, 0.6) is 0 Å². The smallest absolute Gasteiger partial charge is 0.261 e. The first kappa shape index (κ1) is 14.7. The number of rotatable bonds is 5. The first-order chi connectivity index (χ1) is 9.52. The second-order valence-electron chi connectivity index (χ2n) is 3.91. The number of primary amides is 1. The number of carbonyl (C=O) groups excluding carboxylic acids is 1. The van der Waals surface area contributed by atoms with E-state index in [9.17, 15) is 4.79 Å². The molecule has 0 saturated heterocycles. The topological polar surface area (TPSA) is 105 Å². The molecule has 2 heterocycles. The van der Waals surface area contributed by atoms with Gasteiger partial charge in [0.05, 0.1) is 10.0 Å². The minimum absolute atomic E-state index is 0.145. The van der Waals surface area contributed by atoms with Crippen molar-refractivity contribution in [2.45, 2.75) is 6.42 Å². The van der Waals surface area contributed by atoms with Gasteiger partial charge in [0.15, 0.2) is 0 Å². The third-order valence-corrected chi connectivity index (χ3v) is 5.04. The molecule has 104 valence electrons. The molecule has 8 heteroatoms. The van der Waals surface area contributed by atoms with Crippen LogP contribution >= 0.6 is 34.3 Å². The molecule has 20 heavy (non-hydrogen) atoms. The number of anilines is 2. The number of nitriles is 1. The lowest BCUT2D eigenvalue weighted by Crippen LogP contribution is -2.10. The predicted octanol–water partition coefficient (Wildman–Crippen LogP) is 2.67. The highest BCUT2D eigenvalue weighted by Crippen LogP contribution is 2.34. The van der Waals surface area contributed by atoms with Crippen LogP contribution in [0.15, 0.2) is 12.1 Å². The highest BCUT2D eigenvalue weighted by molar-refractivity contribution is 7.19. The molecular weight excluding hydrogens is 316 g/mol. The van der Waals surface area contributed by atoms with Crippen LogP contribution in [0.25, 0.3) is 0 Å². The molecule has 0 aliphatic rings. The molecule has 0 aliphatic heterocycles. The lowest BCUT2D eigenvalue weighted by atomic mass is 10.2. The number of thiophene rings is 2. The fourth-order valence-corrected chi connectivity index (χ4v) is 3.68. The highest BCUT2D eigenvalue weighted by atomic mass is 35.5. The summed E-state index contributed by atoms with van der Waals surface area (Å²) in [5.41, 5.74) is 11.4. The van der Waals surface area contributed by atoms with Gasteiger partial charge in [0, 0.05) is 11.4 Å². The number of amides is 1. The molecule has 0 aromatic carbocycles. The van der Waals surface area contributed by atoms with Gasteiger partial charge in [0.2, 0.25) is 0 Å². The Morgan fingerprint density at radius 3 is 2.75 bits per heavy atom. The third-order valence-electron chi connectivity index (χ3n) is 2.57. The Hall–Kier alpha value is -1.75. The van der Waals surface area contributed by atoms with Crippen molar-refractivity contribution in [1.82, 2.24) is 0 Å². The summed E-state index contributed by atoms with van der Waals surface area (Å²) in [6, 6.07) is 5.79. The lowest BCUT2D eigenvalue weighted by Gasteiger charge is -2.02. The predicted molar refractivity (Wildman–Crippen MR) is 83.5 cm³/mol. The van der Waals surface area contributed by atoms with Gasteiger partial charge in [-0.25, -0.2) is 0 Å². The van der Waals surface area contributed by atoms with E-state index in [1.165, 1.54) is 11.3 Å². The van der Waals surface area contributed by atoms with Gasteiger partial charge in [-0.15, -0.1) is 22.7 Å². The van der Waals surface area contributed by atoms with Crippen molar-refractivity contribution in [3.05, 3.63) is 31.8 Å². The molecule has 2 rings (SSSR count). The van der Waals surface area contributed by atoms with E-state index in [2.05, 4.69) is 5.32 Å². The van der Waals surface area contributed by atoms with E-state index < -0.39 is 5.91 Å². The molecule has 0 bridgehead atoms. The number of carbonyl (C=O) groups is 1. The number of nitrogens with one attached hydrogen (secondary N) is 1. The van der Waals surface area contributed by atoms with E-state index in [-0.39, 0.29) is 16.1 Å². The monoisotopic (exact) mass is 326 g/mol. The Morgan fingerprint density at radius 1 is 1.45 bits per heavy atom. The maximum Gasteiger partial charge on any atom is 0.261 e. The molecule has 5 N–H and O–H groups in total. The normalized spacial score (nSPS) is 10.2. The minimum Gasteiger partial charge on any atom is -0.396 e. The van der Waals surface area contributed by atoms with Crippen LogP contribution in [0.2, 0.25) is 4.34 Å². The van der Waals surface area contributed by atoms with Gasteiger partial charge in [0.1, 0.15) is 21.5 Å². The molecule has 1 amide bonds. The zero-order valence-electron chi connectivity index (χ0n) is 10.3. The van der Waals surface area contributed by atoms with Crippen molar-refractivity contribution in [3.8, 4) is 6.07 Å². The Kier molecular flexibility index (Phi) is 4.49. The third kappa shape index (κ3) is 3.04. The number of hydrogen-bond donors (Lipinski definition) is 3. The first-order valence-electron chi connectivity index (χ1n) is 5.63. The molecule has 2 aromatic heterocycles. The number of nitrogens with zero attached hydrogens (tertiary/aromatic N) is 1. The largest absolute Gasteiger partial charge is 0.396 e. The fourth-order valence-electron chi connectivity index (χ4n) is 1.65. The van der Waals surface area contributed by atoms with Crippen molar-refractivity contribution >= 4 is 50.9 Å². The second-order valence-corrected chi connectivity index (χ2v) is 6.73. The summed E-state index contributed by atoms with van der Waals surface area (Å²) in [5, 5.41) is 12.8. The molecule has 0 atom stereocenters. The fraction of sp³-hybridized carbons (Fsp3) is 0.167. The molecule has 2 aromatic rings. The molecule has 5 nitrogen and oxygen atoms in total. The second kappa shape index (κ2) is 6.13. The van der Waals surface area contributed by atoms with Crippen LogP contribution in [0.3, 0.4) is 0 Å². The zero-order chi connectivity index (χ0) is 14.7. The number of nitrogens with two attached hydrogens (primary N) is 2. The SMILES string of the molecule is N#Cc1c(NCCc2ccc(Cl)s2)sc(C(N)=O)c1N. The van der Waals surface area contributed by atoms with Crippen molar-refractivity contribution in [3.63, 3.8) is 0 Å². The summed E-state index contributed by atoms with van der Waals surface area (Å²) in [5.74, 6) is -0.623. The number of nitrogen functional groups attached to an aromatic ring is 1. The average molecular weight is 327 g/mol. The van der Waals surface area contributed by atoms with Crippen LogP contribution in [-0.4, -0.2) is 12.5 Å². The zero-order valence-corrected chi connectivity index (χ0v) is 12.7. The summed E-state index contributed by atoms with van der Waals surface area (Å²) in [6.45, 7) is 0.615. The Balaban J connectivity index is 2.08. The van der Waals surface area contributed by atoms with Crippen molar-refractivity contribution in [1.29, 1.82) is 5.26 Å². The van der Waals surface area contributed by atoms with Crippen molar-refractivity contribution in [2.24, 2.45) is 5.73 Å². The van der Waals surface area contributed by atoms with Gasteiger partial charge in [0.25, 0.3) is 5.91 Å². The molecule has 0 radical (unpaired) electrons. The molecular formula is C12H11ClN4OS2. The maximum absolute atomic E-state index is 11.2. The Morgan fingerprint density at radius 2 is 2.20 bits per heavy atom. The average Bonchev–Trinajstić information content (AvgIpc) is 2.94. The van der Waals surface area contributed by atoms with Gasteiger partial charge < -0.3 is 16.8 Å². The van der Waals surface area contributed by atoms with E-state index in [0.717, 1.165) is 27.0 Å². The summed E-state index contributed by atoms with van der Waals surface area (Å²) in [6.07, 6.45) is 0.770. The molecule has 0 spiro atoms. The van der Waals surface area contributed by atoms with Crippen LogP contribution in [0, 0.1) is 11.3 Å². The van der Waals surface area contributed by atoms with Crippen LogP contribution < -0.4 is 16.8 Å². The van der Waals surface area contributed by atoms with Crippen molar-refractivity contribution in [2.75, 3.05) is 17.6 Å². The standard InChI is InChI=1S/C12H11ClN4OS2/c13-8-2-1-6(19-8)3-4-17-12-7(5-14)9(15)10(20-12)11(16)18/h1-2,17H,3-4,15H2,(H2,16,18). The van der Waals surface area contributed by atoms with E-state index in [0.29, 0.717) is 11.5 Å². The number of halogens is 1. The van der Waals surface area contributed by atoms with Gasteiger partial charge in [-0.2, -0.15) is 5.26 Å². The van der Waals surface area contributed by atoms with E-state index in [1.807, 2.05) is 18.2 Å². The van der Waals surface area contributed by atoms with E-state index in [4.69, 9.17) is 28.3 Å². The molecule has 0 saturated carbocycles. The Labute approximate surface area is 128 Å².